The Hall–Kier alpha value is -1.36. The van der Waals surface area contributed by atoms with Crippen molar-refractivity contribution in [2.45, 2.75) is 12.8 Å². The van der Waals surface area contributed by atoms with Gasteiger partial charge in [0.1, 0.15) is 0 Å². The molecule has 1 amide bonds. The first kappa shape index (κ1) is 12.7. The number of aromatic hydroxyl groups is 2. The third-order valence-electron chi connectivity index (χ3n) is 2.11. The molecular weight excluding hydrogens is 226 g/mol. The fraction of sp³-hybridized carbons (Fsp3) is 0.364. The van der Waals surface area contributed by atoms with E-state index in [0.29, 0.717) is 25.1 Å². The standard InChI is InChI=1S/C11H15NO3S/c13-9-2-1-8(7-10(9)14)3-5-12-11(15)4-6-16/h1-2,7,13-14,16H,3-6H2,(H,12,15). The van der Waals surface area contributed by atoms with Crippen LogP contribution in [0, 0.1) is 0 Å². The molecule has 0 aliphatic carbocycles. The average Bonchev–Trinajstić information content (AvgIpc) is 2.24. The van der Waals surface area contributed by atoms with E-state index >= 15 is 0 Å². The second kappa shape index (κ2) is 6.27. The Bertz CT molecular complexity index is 368. The highest BCUT2D eigenvalue weighted by Gasteiger charge is 2.02. The van der Waals surface area contributed by atoms with Gasteiger partial charge in [0.05, 0.1) is 0 Å². The summed E-state index contributed by atoms with van der Waals surface area (Å²) in [5.74, 6) is 0.228. The van der Waals surface area contributed by atoms with Crippen molar-refractivity contribution >= 4 is 18.5 Å². The van der Waals surface area contributed by atoms with Crippen LogP contribution in [-0.2, 0) is 11.2 Å². The summed E-state index contributed by atoms with van der Waals surface area (Å²) in [4.78, 5) is 11.1. The lowest BCUT2D eigenvalue weighted by molar-refractivity contribution is -0.120. The Kier molecular flexibility index (Phi) is 4.98. The van der Waals surface area contributed by atoms with E-state index in [1.165, 1.54) is 12.1 Å². The molecule has 0 radical (unpaired) electrons. The molecule has 4 nitrogen and oxygen atoms in total. The van der Waals surface area contributed by atoms with E-state index in [4.69, 9.17) is 5.11 Å². The van der Waals surface area contributed by atoms with E-state index in [2.05, 4.69) is 17.9 Å². The van der Waals surface area contributed by atoms with E-state index in [-0.39, 0.29) is 17.4 Å². The summed E-state index contributed by atoms with van der Waals surface area (Å²) >= 11 is 3.95. The summed E-state index contributed by atoms with van der Waals surface area (Å²) in [6, 6.07) is 4.63. The quantitative estimate of drug-likeness (QED) is 0.460. The Morgan fingerprint density at radius 3 is 2.69 bits per heavy atom. The third kappa shape index (κ3) is 4.02. The number of phenolic OH excluding ortho intramolecular Hbond substituents is 2. The Morgan fingerprint density at radius 2 is 2.06 bits per heavy atom. The number of carbonyl (C=O) groups is 1. The molecule has 0 saturated heterocycles. The number of amides is 1. The van der Waals surface area contributed by atoms with Crippen LogP contribution >= 0.6 is 12.6 Å². The van der Waals surface area contributed by atoms with Crippen LogP contribution in [0.5, 0.6) is 11.5 Å². The zero-order valence-electron chi connectivity index (χ0n) is 8.81. The molecule has 0 fully saturated rings. The SMILES string of the molecule is O=C(CCS)NCCc1ccc(O)c(O)c1. The van der Waals surface area contributed by atoms with E-state index in [1.54, 1.807) is 6.07 Å². The van der Waals surface area contributed by atoms with Gasteiger partial charge in [0.15, 0.2) is 11.5 Å². The molecule has 0 atom stereocenters. The summed E-state index contributed by atoms with van der Waals surface area (Å²) in [7, 11) is 0. The average molecular weight is 241 g/mol. The summed E-state index contributed by atoms with van der Waals surface area (Å²) in [6.07, 6.45) is 1.02. The Morgan fingerprint density at radius 1 is 1.31 bits per heavy atom. The molecule has 1 aromatic rings. The van der Waals surface area contributed by atoms with Gasteiger partial charge in [-0.1, -0.05) is 6.07 Å². The molecule has 0 saturated carbocycles. The minimum absolute atomic E-state index is 0.0296. The number of rotatable bonds is 5. The van der Waals surface area contributed by atoms with Gasteiger partial charge in [-0.25, -0.2) is 0 Å². The molecule has 0 aliphatic rings. The minimum Gasteiger partial charge on any atom is -0.504 e. The smallest absolute Gasteiger partial charge is 0.220 e. The number of thiol groups is 1. The van der Waals surface area contributed by atoms with E-state index in [0.717, 1.165) is 5.56 Å². The van der Waals surface area contributed by atoms with E-state index in [1.807, 2.05) is 0 Å². The van der Waals surface area contributed by atoms with Crippen LogP contribution < -0.4 is 5.32 Å². The largest absolute Gasteiger partial charge is 0.504 e. The maximum Gasteiger partial charge on any atom is 0.220 e. The molecule has 16 heavy (non-hydrogen) atoms. The van der Waals surface area contributed by atoms with Crippen LogP contribution in [0.1, 0.15) is 12.0 Å². The monoisotopic (exact) mass is 241 g/mol. The van der Waals surface area contributed by atoms with Gasteiger partial charge in [-0.3, -0.25) is 4.79 Å². The van der Waals surface area contributed by atoms with Gasteiger partial charge >= 0.3 is 0 Å². The molecule has 1 rings (SSSR count). The van der Waals surface area contributed by atoms with Gasteiger partial charge in [-0.05, 0) is 29.9 Å². The van der Waals surface area contributed by atoms with Gasteiger partial charge in [-0.2, -0.15) is 12.6 Å². The first-order chi connectivity index (χ1) is 7.63. The highest BCUT2D eigenvalue weighted by molar-refractivity contribution is 7.80. The topological polar surface area (TPSA) is 69.6 Å². The predicted molar refractivity (Wildman–Crippen MR) is 65.0 cm³/mol. The molecule has 0 spiro atoms. The zero-order chi connectivity index (χ0) is 12.0. The van der Waals surface area contributed by atoms with Crippen LogP contribution in [-0.4, -0.2) is 28.4 Å². The van der Waals surface area contributed by atoms with Crippen LogP contribution in [0.2, 0.25) is 0 Å². The van der Waals surface area contributed by atoms with Gasteiger partial charge in [-0.15, -0.1) is 0 Å². The van der Waals surface area contributed by atoms with Crippen molar-refractivity contribution in [2.24, 2.45) is 0 Å². The molecule has 0 heterocycles. The van der Waals surface area contributed by atoms with Gasteiger partial charge in [0, 0.05) is 13.0 Å². The van der Waals surface area contributed by atoms with Crippen LogP contribution in [0.25, 0.3) is 0 Å². The first-order valence-corrected chi connectivity index (χ1v) is 5.65. The molecule has 0 aliphatic heterocycles. The lowest BCUT2D eigenvalue weighted by atomic mass is 10.1. The molecular formula is C11H15NO3S. The lowest BCUT2D eigenvalue weighted by Crippen LogP contribution is -2.25. The lowest BCUT2D eigenvalue weighted by Gasteiger charge is -2.05. The third-order valence-corrected chi connectivity index (χ3v) is 2.34. The number of benzene rings is 1. The Balaban J connectivity index is 2.37. The van der Waals surface area contributed by atoms with Gasteiger partial charge < -0.3 is 15.5 Å². The fourth-order valence-electron chi connectivity index (χ4n) is 1.26. The second-order valence-corrected chi connectivity index (χ2v) is 3.84. The molecule has 1 aromatic carbocycles. The highest BCUT2D eigenvalue weighted by Crippen LogP contribution is 2.24. The molecule has 3 N–H and O–H groups in total. The molecule has 0 aromatic heterocycles. The first-order valence-electron chi connectivity index (χ1n) is 5.02. The van der Waals surface area contributed by atoms with Crippen LogP contribution in [0.3, 0.4) is 0 Å². The van der Waals surface area contributed by atoms with Crippen molar-refractivity contribution in [3.63, 3.8) is 0 Å². The predicted octanol–water partition coefficient (Wildman–Crippen LogP) is 1.08. The zero-order valence-corrected chi connectivity index (χ0v) is 9.70. The van der Waals surface area contributed by atoms with Crippen molar-refractivity contribution in [2.75, 3.05) is 12.3 Å². The van der Waals surface area contributed by atoms with E-state index in [9.17, 15) is 9.90 Å². The van der Waals surface area contributed by atoms with Gasteiger partial charge in [0.2, 0.25) is 5.91 Å². The minimum atomic E-state index is -0.140. The normalized spacial score (nSPS) is 10.1. The molecule has 88 valence electrons. The maximum absolute atomic E-state index is 11.1. The fourth-order valence-corrected chi connectivity index (χ4v) is 1.46. The number of hydrogen-bond donors (Lipinski definition) is 4. The van der Waals surface area contributed by atoms with Crippen LogP contribution in [0.4, 0.5) is 0 Å². The summed E-state index contributed by atoms with van der Waals surface area (Å²) in [5.41, 5.74) is 0.862. The van der Waals surface area contributed by atoms with Crippen molar-refractivity contribution in [1.29, 1.82) is 0 Å². The van der Waals surface area contributed by atoms with Gasteiger partial charge in [0.25, 0.3) is 0 Å². The molecule has 0 bridgehead atoms. The molecule has 5 heteroatoms. The molecule has 0 unspecified atom stereocenters. The van der Waals surface area contributed by atoms with Crippen molar-refractivity contribution in [3.05, 3.63) is 23.8 Å². The number of hydrogen-bond acceptors (Lipinski definition) is 4. The summed E-state index contributed by atoms with van der Waals surface area (Å²) in [6.45, 7) is 0.511. The van der Waals surface area contributed by atoms with E-state index < -0.39 is 0 Å². The highest BCUT2D eigenvalue weighted by atomic mass is 32.1. The number of phenols is 2. The number of nitrogens with one attached hydrogen (secondary N) is 1. The van der Waals surface area contributed by atoms with Crippen LogP contribution in [0.15, 0.2) is 18.2 Å². The second-order valence-electron chi connectivity index (χ2n) is 3.40. The summed E-state index contributed by atoms with van der Waals surface area (Å²) in [5, 5.41) is 21.1. The maximum atomic E-state index is 11.1. The number of carbonyl (C=O) groups excluding carboxylic acids is 1. The summed E-state index contributed by atoms with van der Waals surface area (Å²) < 4.78 is 0. The van der Waals surface area contributed by atoms with Crippen molar-refractivity contribution in [3.8, 4) is 11.5 Å². The van der Waals surface area contributed by atoms with Crippen molar-refractivity contribution in [1.82, 2.24) is 5.32 Å². The van der Waals surface area contributed by atoms with Crippen molar-refractivity contribution < 1.29 is 15.0 Å². The Labute approximate surface area is 99.7 Å².